The summed E-state index contributed by atoms with van der Waals surface area (Å²) in [6, 6.07) is 7.61. The molecule has 2 rings (SSSR count). The maximum atomic E-state index is 9.57. The van der Waals surface area contributed by atoms with Crippen molar-refractivity contribution in [1.82, 2.24) is 0 Å². The van der Waals surface area contributed by atoms with Crippen LogP contribution in [0.15, 0.2) is 24.3 Å². The van der Waals surface area contributed by atoms with Crippen LogP contribution in [0.4, 0.5) is 0 Å². The Kier molecular flexibility index (Phi) is 3.22. The molecule has 3 N–H and O–H groups in total. The van der Waals surface area contributed by atoms with Crippen LogP contribution in [-0.2, 0) is 10.3 Å². The van der Waals surface area contributed by atoms with Gasteiger partial charge in [-0.25, -0.2) is 0 Å². The fraction of sp³-hybridized carbons (Fsp3) is 0.333. The highest BCUT2D eigenvalue weighted by atomic mass is 35.5. The molecular weight excluding hydrogens is 200 g/mol. The quantitative estimate of drug-likeness (QED) is 0.646. The van der Waals surface area contributed by atoms with Crippen molar-refractivity contribution in [3.8, 4) is 0 Å². The number of hydrogen-bond donors (Lipinski definition) is 2. The molecule has 0 bridgehead atoms. The zero-order valence-corrected chi connectivity index (χ0v) is 8.75. The number of nitrogens with two attached hydrogens (primary N) is 1. The van der Waals surface area contributed by atoms with Crippen LogP contribution in [0.3, 0.4) is 0 Å². The molecule has 1 heterocycles. The summed E-state index contributed by atoms with van der Waals surface area (Å²) < 4.78 is 5.40. The second kappa shape index (κ2) is 3.91. The van der Waals surface area contributed by atoms with Crippen LogP contribution in [0.2, 0.25) is 0 Å². The number of halogens is 1. The van der Waals surface area contributed by atoms with E-state index in [1.54, 1.807) is 0 Å². The Hall–Kier alpha value is -0.545. The molecule has 0 unspecified atom stereocenters. The first-order valence-electron chi connectivity index (χ1n) is 4.33. The Morgan fingerprint density at radius 2 is 2.14 bits per heavy atom. The lowest BCUT2D eigenvalue weighted by Crippen LogP contribution is -2.33. The highest BCUT2D eigenvalue weighted by molar-refractivity contribution is 6.61. The van der Waals surface area contributed by atoms with Crippen molar-refractivity contribution < 1.29 is 9.68 Å². The van der Waals surface area contributed by atoms with E-state index in [4.69, 9.17) is 10.4 Å². The van der Waals surface area contributed by atoms with Gasteiger partial charge >= 0.3 is 7.12 Å². The fourth-order valence-electron chi connectivity index (χ4n) is 1.73. The van der Waals surface area contributed by atoms with Crippen molar-refractivity contribution in [1.29, 1.82) is 0 Å². The Balaban J connectivity index is 0.000000980. The maximum absolute atomic E-state index is 9.57. The molecule has 3 nitrogen and oxygen atoms in total. The monoisotopic (exact) mass is 213 g/mol. The second-order valence-electron chi connectivity index (χ2n) is 3.49. The molecule has 0 saturated heterocycles. The molecule has 1 aromatic rings. The fourth-order valence-corrected chi connectivity index (χ4v) is 1.73. The zero-order chi connectivity index (χ0) is 9.47. The maximum Gasteiger partial charge on any atom is 0.492 e. The van der Waals surface area contributed by atoms with E-state index >= 15 is 0 Å². The summed E-state index contributed by atoms with van der Waals surface area (Å²) >= 11 is 0. The van der Waals surface area contributed by atoms with Gasteiger partial charge in [0.1, 0.15) is 0 Å². The minimum atomic E-state index is -0.829. The van der Waals surface area contributed by atoms with Gasteiger partial charge in [-0.2, -0.15) is 0 Å². The smallest absolute Gasteiger partial charge is 0.423 e. The predicted octanol–water partition coefficient (Wildman–Crippen LogP) is 0.000000000000000666. The lowest BCUT2D eigenvalue weighted by molar-refractivity contribution is 0.0893. The standard InChI is InChI=1S/C9H12BNO2.ClH/c1-9(6-11)7-4-2-3-5-8(7)10(12)13-9;/h2-5,12H,6,11H2,1H3;1H/t9-;/m1./s1. The molecule has 0 aromatic heterocycles. The first-order chi connectivity index (χ1) is 6.17. The molecule has 1 aliphatic heterocycles. The molecular formula is C9H13BClNO2. The van der Waals surface area contributed by atoms with Gasteiger partial charge in [0.05, 0.1) is 5.60 Å². The van der Waals surface area contributed by atoms with Crippen molar-refractivity contribution in [3.05, 3.63) is 29.8 Å². The van der Waals surface area contributed by atoms with E-state index in [2.05, 4.69) is 0 Å². The van der Waals surface area contributed by atoms with Crippen LogP contribution < -0.4 is 11.2 Å². The molecule has 14 heavy (non-hydrogen) atoms. The molecule has 0 fully saturated rings. The van der Waals surface area contributed by atoms with Gasteiger partial charge in [0.25, 0.3) is 0 Å². The largest absolute Gasteiger partial charge is 0.492 e. The first kappa shape index (κ1) is 11.5. The molecule has 1 atom stereocenters. The van der Waals surface area contributed by atoms with E-state index in [0.717, 1.165) is 11.0 Å². The number of benzene rings is 1. The average Bonchev–Trinajstić information content (AvgIpc) is 2.42. The molecule has 0 saturated carbocycles. The molecule has 0 aliphatic carbocycles. The van der Waals surface area contributed by atoms with Crippen LogP contribution in [0, 0.1) is 0 Å². The van der Waals surface area contributed by atoms with E-state index in [9.17, 15) is 5.02 Å². The molecule has 1 aromatic carbocycles. The van der Waals surface area contributed by atoms with Gasteiger partial charge < -0.3 is 15.4 Å². The van der Waals surface area contributed by atoms with Crippen LogP contribution in [0.25, 0.3) is 0 Å². The number of rotatable bonds is 1. The number of hydrogen-bond acceptors (Lipinski definition) is 3. The Labute approximate surface area is 89.8 Å². The average molecular weight is 213 g/mol. The third-order valence-electron chi connectivity index (χ3n) is 2.56. The summed E-state index contributed by atoms with van der Waals surface area (Å²) in [6.45, 7) is 2.27. The lowest BCUT2D eigenvalue weighted by Gasteiger charge is -2.23. The Bertz CT molecular complexity index is 336. The molecule has 76 valence electrons. The SMILES string of the molecule is C[C@]1(CN)OB(O)c2ccccc21.Cl. The van der Waals surface area contributed by atoms with Gasteiger partial charge in [0.2, 0.25) is 0 Å². The summed E-state index contributed by atoms with van der Waals surface area (Å²) in [4.78, 5) is 0. The van der Waals surface area contributed by atoms with Crippen molar-refractivity contribution >= 4 is 25.0 Å². The van der Waals surface area contributed by atoms with E-state index in [1.165, 1.54) is 0 Å². The molecule has 0 spiro atoms. The molecule has 0 amide bonds. The van der Waals surface area contributed by atoms with Crippen LogP contribution in [-0.4, -0.2) is 18.7 Å². The van der Waals surface area contributed by atoms with E-state index in [0.29, 0.717) is 6.54 Å². The van der Waals surface area contributed by atoms with Crippen molar-refractivity contribution in [3.63, 3.8) is 0 Å². The van der Waals surface area contributed by atoms with Gasteiger partial charge in [0.15, 0.2) is 0 Å². The summed E-state index contributed by atoms with van der Waals surface area (Å²) in [5.41, 5.74) is 6.90. The minimum Gasteiger partial charge on any atom is -0.423 e. The van der Waals surface area contributed by atoms with Crippen molar-refractivity contribution in [2.75, 3.05) is 6.54 Å². The topological polar surface area (TPSA) is 55.5 Å². The van der Waals surface area contributed by atoms with Gasteiger partial charge in [-0.05, 0) is 17.9 Å². The third kappa shape index (κ3) is 1.55. The number of fused-ring (bicyclic) bond motifs is 1. The summed E-state index contributed by atoms with van der Waals surface area (Å²) in [5, 5.41) is 9.57. The van der Waals surface area contributed by atoms with Gasteiger partial charge in [-0.15, -0.1) is 12.4 Å². The minimum absolute atomic E-state index is 0. The highest BCUT2D eigenvalue weighted by Crippen LogP contribution is 2.28. The Morgan fingerprint density at radius 1 is 1.50 bits per heavy atom. The normalized spacial score (nSPS) is 24.4. The van der Waals surface area contributed by atoms with Crippen LogP contribution in [0.1, 0.15) is 12.5 Å². The summed E-state index contributed by atoms with van der Waals surface area (Å²) in [6.07, 6.45) is 0. The molecule has 1 aliphatic rings. The zero-order valence-electron chi connectivity index (χ0n) is 7.93. The first-order valence-corrected chi connectivity index (χ1v) is 4.33. The van der Waals surface area contributed by atoms with Gasteiger partial charge in [-0.1, -0.05) is 24.3 Å². The molecule has 0 radical (unpaired) electrons. The second-order valence-corrected chi connectivity index (χ2v) is 3.49. The van der Waals surface area contributed by atoms with Crippen LogP contribution >= 0.6 is 12.4 Å². The van der Waals surface area contributed by atoms with E-state index < -0.39 is 12.7 Å². The Morgan fingerprint density at radius 3 is 2.79 bits per heavy atom. The van der Waals surface area contributed by atoms with Crippen LogP contribution in [0.5, 0.6) is 0 Å². The van der Waals surface area contributed by atoms with Crippen molar-refractivity contribution in [2.45, 2.75) is 12.5 Å². The third-order valence-corrected chi connectivity index (χ3v) is 2.56. The molecule has 5 heteroatoms. The van der Waals surface area contributed by atoms with E-state index in [-0.39, 0.29) is 12.4 Å². The predicted molar refractivity (Wildman–Crippen MR) is 58.8 cm³/mol. The van der Waals surface area contributed by atoms with Crippen molar-refractivity contribution in [2.24, 2.45) is 5.73 Å². The van der Waals surface area contributed by atoms with Gasteiger partial charge in [-0.3, -0.25) is 0 Å². The van der Waals surface area contributed by atoms with Gasteiger partial charge in [0, 0.05) is 6.54 Å². The summed E-state index contributed by atoms with van der Waals surface area (Å²) in [5.74, 6) is 0. The lowest BCUT2D eigenvalue weighted by atomic mass is 9.78. The highest BCUT2D eigenvalue weighted by Gasteiger charge is 2.42. The van der Waals surface area contributed by atoms with E-state index in [1.807, 2.05) is 31.2 Å². The summed E-state index contributed by atoms with van der Waals surface area (Å²) in [7, 11) is -0.829.